The summed E-state index contributed by atoms with van der Waals surface area (Å²) in [6.07, 6.45) is 1.59. The summed E-state index contributed by atoms with van der Waals surface area (Å²) < 4.78 is 2.31. The quantitative estimate of drug-likeness (QED) is 0.920. The van der Waals surface area contributed by atoms with Gasteiger partial charge in [0.1, 0.15) is 5.69 Å². The lowest BCUT2D eigenvalue weighted by Crippen LogP contribution is -2.13. The van der Waals surface area contributed by atoms with Gasteiger partial charge in [0.15, 0.2) is 0 Å². The Kier molecular flexibility index (Phi) is 3.66. The van der Waals surface area contributed by atoms with Crippen LogP contribution < -0.4 is 0 Å². The molecule has 2 rings (SSSR count). The Hall–Kier alpha value is -1.83. The average Bonchev–Trinajstić information content (AvgIpc) is 2.78. The van der Waals surface area contributed by atoms with E-state index < -0.39 is 5.97 Å². The van der Waals surface area contributed by atoms with Crippen molar-refractivity contribution < 1.29 is 9.90 Å². The van der Waals surface area contributed by atoms with Crippen LogP contribution in [-0.4, -0.2) is 36.3 Å². The lowest BCUT2D eigenvalue weighted by Gasteiger charge is -2.10. The van der Waals surface area contributed by atoms with E-state index in [0.29, 0.717) is 11.5 Å². The number of aliphatic carboxylic acids is 1. The van der Waals surface area contributed by atoms with E-state index in [1.807, 2.05) is 6.07 Å². The lowest BCUT2D eigenvalue weighted by atomic mass is 10.2. The molecule has 0 radical (unpaired) electrons. The highest BCUT2D eigenvalue weighted by Gasteiger charge is 2.17. The molecule has 0 saturated carbocycles. The van der Waals surface area contributed by atoms with Gasteiger partial charge in [-0.05, 0) is 45.4 Å². The Morgan fingerprint density at radius 2 is 2.33 bits per heavy atom. The molecule has 0 saturated heterocycles. The molecule has 0 aliphatic heterocycles. The van der Waals surface area contributed by atoms with E-state index in [-0.39, 0.29) is 12.5 Å². The van der Waals surface area contributed by atoms with E-state index in [9.17, 15) is 4.79 Å². The maximum absolute atomic E-state index is 10.7. The molecule has 0 aromatic carbocycles. The maximum Gasteiger partial charge on any atom is 0.305 e. The second-order valence-corrected chi connectivity index (χ2v) is 4.67. The van der Waals surface area contributed by atoms with E-state index in [1.54, 1.807) is 19.2 Å². The number of hydrogen-bond donors (Lipinski definition) is 1. The molecule has 0 fully saturated rings. The largest absolute Gasteiger partial charge is 0.481 e. The summed E-state index contributed by atoms with van der Waals surface area (Å²) >= 11 is 3.29. The summed E-state index contributed by atoms with van der Waals surface area (Å²) in [6, 6.07) is 3.25. The number of halogens is 1. The molecule has 1 N–H and O–H groups in total. The van der Waals surface area contributed by atoms with Crippen LogP contribution in [0.25, 0.3) is 11.5 Å². The molecule has 2 aromatic heterocycles. The van der Waals surface area contributed by atoms with Gasteiger partial charge in [-0.2, -0.15) is 0 Å². The van der Waals surface area contributed by atoms with Gasteiger partial charge >= 0.3 is 5.97 Å². The van der Waals surface area contributed by atoms with Crippen molar-refractivity contribution in [2.24, 2.45) is 0 Å². The fourth-order valence-corrected chi connectivity index (χ4v) is 1.74. The zero-order valence-electron chi connectivity index (χ0n) is 9.49. The number of carboxylic acid groups (broad SMARTS) is 1. The number of aromatic nitrogens is 5. The van der Waals surface area contributed by atoms with Gasteiger partial charge in [-0.15, -0.1) is 5.10 Å². The first-order valence-corrected chi connectivity index (χ1v) is 5.99. The van der Waals surface area contributed by atoms with Crippen LogP contribution in [0.15, 0.2) is 22.8 Å². The molecule has 0 bridgehead atoms. The van der Waals surface area contributed by atoms with E-state index in [1.165, 1.54) is 4.68 Å². The molecular weight excluding hydrogens is 302 g/mol. The van der Waals surface area contributed by atoms with Gasteiger partial charge < -0.3 is 5.11 Å². The molecule has 0 spiro atoms. The normalized spacial score (nSPS) is 12.3. The van der Waals surface area contributed by atoms with Crippen molar-refractivity contribution in [3.63, 3.8) is 0 Å². The summed E-state index contributed by atoms with van der Waals surface area (Å²) in [7, 11) is 0. The first-order chi connectivity index (χ1) is 8.58. The third-order valence-corrected chi connectivity index (χ3v) is 2.81. The van der Waals surface area contributed by atoms with Crippen LogP contribution in [0.1, 0.15) is 19.4 Å². The predicted octanol–water partition coefficient (Wildman–Crippen LogP) is 1.53. The van der Waals surface area contributed by atoms with E-state index in [4.69, 9.17) is 5.11 Å². The number of tetrazole rings is 1. The summed E-state index contributed by atoms with van der Waals surface area (Å²) in [5.74, 6) is -0.441. The van der Waals surface area contributed by atoms with Crippen LogP contribution in [0.5, 0.6) is 0 Å². The summed E-state index contributed by atoms with van der Waals surface area (Å²) in [5, 5.41) is 20.0. The van der Waals surface area contributed by atoms with Crippen molar-refractivity contribution in [1.82, 2.24) is 25.2 Å². The topological polar surface area (TPSA) is 93.8 Å². The fraction of sp³-hybridized carbons (Fsp3) is 0.300. The molecule has 2 aromatic rings. The summed E-state index contributed by atoms with van der Waals surface area (Å²) in [4.78, 5) is 14.9. The standard InChI is InChI=1S/C10H10BrN5O2/c1-6(4-9(17)18)16-10(13-14-15-16)8-3-2-7(11)5-12-8/h2-3,5-6H,4H2,1H3,(H,17,18). The van der Waals surface area contributed by atoms with Crippen molar-refractivity contribution in [2.75, 3.05) is 0 Å². The van der Waals surface area contributed by atoms with Crippen LogP contribution >= 0.6 is 15.9 Å². The molecular formula is C10H10BrN5O2. The van der Waals surface area contributed by atoms with E-state index in [0.717, 1.165) is 4.47 Å². The molecule has 0 aliphatic carbocycles. The Balaban J connectivity index is 2.32. The lowest BCUT2D eigenvalue weighted by molar-refractivity contribution is -0.137. The smallest absolute Gasteiger partial charge is 0.305 e. The first-order valence-electron chi connectivity index (χ1n) is 5.19. The van der Waals surface area contributed by atoms with Crippen molar-refractivity contribution in [1.29, 1.82) is 0 Å². The number of rotatable bonds is 4. The van der Waals surface area contributed by atoms with Crippen LogP contribution in [-0.2, 0) is 4.79 Å². The van der Waals surface area contributed by atoms with Crippen molar-refractivity contribution in [3.05, 3.63) is 22.8 Å². The molecule has 8 heteroatoms. The second-order valence-electron chi connectivity index (χ2n) is 3.76. The third kappa shape index (κ3) is 2.70. The molecule has 7 nitrogen and oxygen atoms in total. The fourth-order valence-electron chi connectivity index (χ4n) is 1.51. The SMILES string of the molecule is CC(CC(=O)O)n1nnnc1-c1ccc(Br)cn1. The van der Waals surface area contributed by atoms with Crippen molar-refractivity contribution >= 4 is 21.9 Å². The predicted molar refractivity (Wildman–Crippen MR) is 65.7 cm³/mol. The van der Waals surface area contributed by atoms with Gasteiger partial charge in [0.05, 0.1) is 12.5 Å². The molecule has 0 amide bonds. The van der Waals surface area contributed by atoms with E-state index >= 15 is 0 Å². The van der Waals surface area contributed by atoms with Gasteiger partial charge in [-0.1, -0.05) is 0 Å². The van der Waals surface area contributed by atoms with Crippen molar-refractivity contribution in [2.45, 2.75) is 19.4 Å². The second kappa shape index (κ2) is 5.21. The van der Waals surface area contributed by atoms with Crippen LogP contribution in [0.2, 0.25) is 0 Å². The molecule has 0 aliphatic rings. The average molecular weight is 312 g/mol. The molecule has 94 valence electrons. The number of nitrogens with zero attached hydrogens (tertiary/aromatic N) is 5. The van der Waals surface area contributed by atoms with Gasteiger partial charge in [-0.3, -0.25) is 9.78 Å². The number of carboxylic acids is 1. The highest BCUT2D eigenvalue weighted by molar-refractivity contribution is 9.10. The number of pyridine rings is 1. The van der Waals surface area contributed by atoms with Crippen LogP contribution in [0.4, 0.5) is 0 Å². The first kappa shape index (κ1) is 12.6. The van der Waals surface area contributed by atoms with E-state index in [2.05, 4.69) is 36.4 Å². The Morgan fingerprint density at radius 1 is 1.56 bits per heavy atom. The summed E-state index contributed by atoms with van der Waals surface area (Å²) in [5.41, 5.74) is 0.598. The number of carbonyl (C=O) groups is 1. The number of hydrogen-bond acceptors (Lipinski definition) is 5. The molecule has 1 unspecified atom stereocenters. The van der Waals surface area contributed by atoms with Crippen LogP contribution in [0, 0.1) is 0 Å². The third-order valence-electron chi connectivity index (χ3n) is 2.34. The minimum atomic E-state index is -0.896. The zero-order valence-corrected chi connectivity index (χ0v) is 11.1. The van der Waals surface area contributed by atoms with Gasteiger partial charge in [0.25, 0.3) is 0 Å². The minimum Gasteiger partial charge on any atom is -0.481 e. The monoisotopic (exact) mass is 311 g/mol. The Labute approximate surface area is 111 Å². The summed E-state index contributed by atoms with van der Waals surface area (Å²) in [6.45, 7) is 1.74. The molecule has 2 heterocycles. The highest BCUT2D eigenvalue weighted by atomic mass is 79.9. The minimum absolute atomic E-state index is 0.0471. The van der Waals surface area contributed by atoms with Gasteiger partial charge in [-0.25, -0.2) is 4.68 Å². The van der Waals surface area contributed by atoms with Crippen LogP contribution in [0.3, 0.4) is 0 Å². The van der Waals surface area contributed by atoms with Gasteiger partial charge in [0.2, 0.25) is 5.82 Å². The maximum atomic E-state index is 10.7. The highest BCUT2D eigenvalue weighted by Crippen LogP contribution is 2.20. The Morgan fingerprint density at radius 3 is 2.94 bits per heavy atom. The van der Waals surface area contributed by atoms with Crippen molar-refractivity contribution in [3.8, 4) is 11.5 Å². The molecule has 1 atom stereocenters. The Bertz CT molecular complexity index is 554. The zero-order chi connectivity index (χ0) is 13.1. The molecule has 18 heavy (non-hydrogen) atoms. The van der Waals surface area contributed by atoms with Gasteiger partial charge in [0, 0.05) is 10.7 Å².